The molecule has 0 aliphatic carbocycles. The van der Waals surface area contributed by atoms with Crippen molar-refractivity contribution in [2.75, 3.05) is 4.72 Å². The van der Waals surface area contributed by atoms with Crippen LogP contribution in [-0.4, -0.2) is 19.8 Å². The number of hydrogen-bond donors (Lipinski definition) is 3. The fraction of sp³-hybridized carbons (Fsp3) is 0.125. The van der Waals surface area contributed by atoms with Gasteiger partial charge in [0.25, 0.3) is 5.91 Å². The van der Waals surface area contributed by atoms with Crippen molar-refractivity contribution in [3.05, 3.63) is 29.8 Å². The molecule has 18 heavy (non-hydrogen) atoms. The average molecular weight is 283 g/mol. The van der Waals surface area contributed by atoms with Crippen LogP contribution in [0.5, 0.6) is 0 Å². The first-order chi connectivity index (χ1) is 8.17. The van der Waals surface area contributed by atoms with Crippen LogP contribution in [0.2, 0.25) is 0 Å². The lowest BCUT2D eigenvalue weighted by Crippen LogP contribution is -2.31. The van der Waals surface area contributed by atoms with Crippen molar-refractivity contribution >= 4 is 21.6 Å². The molecule has 0 saturated heterocycles. The topological polar surface area (TPSA) is 101 Å². The summed E-state index contributed by atoms with van der Waals surface area (Å²) in [5.41, 5.74) is -4.15. The summed E-state index contributed by atoms with van der Waals surface area (Å²) in [7, 11) is -5.51. The van der Waals surface area contributed by atoms with Crippen molar-refractivity contribution in [3.8, 4) is 0 Å². The second kappa shape index (κ2) is 4.82. The van der Waals surface area contributed by atoms with Gasteiger partial charge in [-0.15, -0.1) is 0 Å². The van der Waals surface area contributed by atoms with Crippen LogP contribution < -0.4 is 16.0 Å². The molecule has 0 aliphatic heterocycles. The van der Waals surface area contributed by atoms with Crippen LogP contribution in [0.1, 0.15) is 10.4 Å². The number of alkyl halides is 3. The lowest BCUT2D eigenvalue weighted by Gasteiger charge is -2.11. The molecular weight excluding hydrogens is 275 g/mol. The van der Waals surface area contributed by atoms with E-state index in [2.05, 4.69) is 0 Å². The summed E-state index contributed by atoms with van der Waals surface area (Å²) in [5.74, 6) is 4.07. The highest BCUT2D eigenvalue weighted by atomic mass is 32.2. The van der Waals surface area contributed by atoms with Gasteiger partial charge in [0.15, 0.2) is 0 Å². The summed E-state index contributed by atoms with van der Waals surface area (Å²) < 4.78 is 59.2. The molecule has 0 aromatic heterocycles. The Balaban J connectivity index is 3.04. The number of nitrogen functional groups attached to an aromatic ring is 1. The highest BCUT2D eigenvalue weighted by Gasteiger charge is 2.46. The van der Waals surface area contributed by atoms with Crippen molar-refractivity contribution in [1.82, 2.24) is 5.43 Å². The molecule has 0 aliphatic rings. The van der Waals surface area contributed by atoms with Gasteiger partial charge in [0, 0.05) is 11.3 Å². The fourth-order valence-electron chi connectivity index (χ4n) is 1.02. The second-order valence-electron chi connectivity index (χ2n) is 3.11. The average Bonchev–Trinajstić information content (AvgIpc) is 2.26. The molecule has 0 fully saturated rings. The second-order valence-corrected chi connectivity index (χ2v) is 4.78. The standard InChI is InChI=1S/C8H8F3N3O3S/c9-8(10,11)18(16,17)14-6-3-1-2-5(4-6)7(15)13-12/h1-4,14H,12H2,(H,13,15). The number of halogens is 3. The van der Waals surface area contributed by atoms with Crippen LogP contribution in [0.3, 0.4) is 0 Å². The van der Waals surface area contributed by atoms with Gasteiger partial charge in [0.2, 0.25) is 0 Å². The van der Waals surface area contributed by atoms with Gasteiger partial charge in [-0.3, -0.25) is 14.9 Å². The zero-order valence-corrected chi connectivity index (χ0v) is 9.47. The van der Waals surface area contributed by atoms with Gasteiger partial charge in [-0.25, -0.2) is 5.84 Å². The Morgan fingerprint density at radius 2 is 1.89 bits per heavy atom. The van der Waals surface area contributed by atoms with E-state index in [1.807, 2.05) is 0 Å². The van der Waals surface area contributed by atoms with E-state index in [1.165, 1.54) is 16.9 Å². The van der Waals surface area contributed by atoms with Gasteiger partial charge < -0.3 is 0 Å². The molecule has 100 valence electrons. The number of rotatable bonds is 3. The van der Waals surface area contributed by atoms with Gasteiger partial charge >= 0.3 is 15.5 Å². The van der Waals surface area contributed by atoms with E-state index >= 15 is 0 Å². The lowest BCUT2D eigenvalue weighted by atomic mass is 10.2. The molecular formula is C8H8F3N3O3S. The van der Waals surface area contributed by atoms with Crippen LogP contribution >= 0.6 is 0 Å². The summed E-state index contributed by atoms with van der Waals surface area (Å²) in [4.78, 5) is 11.1. The number of sulfonamides is 1. The summed E-state index contributed by atoms with van der Waals surface area (Å²) >= 11 is 0. The quantitative estimate of drug-likeness (QED) is 0.428. The Kier molecular flexibility index (Phi) is 3.82. The van der Waals surface area contributed by atoms with E-state index in [0.29, 0.717) is 0 Å². The zero-order valence-electron chi connectivity index (χ0n) is 8.65. The first-order valence-electron chi connectivity index (χ1n) is 4.37. The number of carbonyl (C=O) groups excluding carboxylic acids is 1. The minimum absolute atomic E-state index is 0.0834. The molecule has 0 heterocycles. The lowest BCUT2D eigenvalue weighted by molar-refractivity contribution is -0.0429. The summed E-state index contributed by atoms with van der Waals surface area (Å²) in [6.45, 7) is 0. The highest BCUT2D eigenvalue weighted by molar-refractivity contribution is 7.93. The first-order valence-corrected chi connectivity index (χ1v) is 5.86. The number of carbonyl (C=O) groups is 1. The molecule has 10 heteroatoms. The third-order valence-electron chi connectivity index (χ3n) is 1.81. The zero-order chi connectivity index (χ0) is 14.0. The van der Waals surface area contributed by atoms with Crippen LogP contribution in [0.25, 0.3) is 0 Å². The van der Waals surface area contributed by atoms with Gasteiger partial charge in [-0.2, -0.15) is 21.6 Å². The van der Waals surface area contributed by atoms with Crippen molar-refractivity contribution in [2.24, 2.45) is 5.84 Å². The molecule has 0 unspecified atom stereocenters. The van der Waals surface area contributed by atoms with Crippen molar-refractivity contribution in [2.45, 2.75) is 5.51 Å². The number of nitrogens with one attached hydrogen (secondary N) is 2. The molecule has 4 N–H and O–H groups in total. The van der Waals surface area contributed by atoms with Gasteiger partial charge in [0.05, 0.1) is 0 Å². The maximum absolute atomic E-state index is 12.1. The highest BCUT2D eigenvalue weighted by Crippen LogP contribution is 2.25. The molecule has 1 rings (SSSR count). The monoisotopic (exact) mass is 283 g/mol. The smallest absolute Gasteiger partial charge is 0.290 e. The van der Waals surface area contributed by atoms with Crippen molar-refractivity contribution < 1.29 is 26.4 Å². The van der Waals surface area contributed by atoms with Crippen LogP contribution in [0, 0.1) is 0 Å². The van der Waals surface area contributed by atoms with E-state index < -0.39 is 27.1 Å². The Hall–Kier alpha value is -1.81. The molecule has 0 radical (unpaired) electrons. The fourth-order valence-corrected chi connectivity index (χ4v) is 1.57. The molecule has 0 spiro atoms. The maximum atomic E-state index is 12.1. The Morgan fingerprint density at radius 1 is 1.28 bits per heavy atom. The predicted octanol–water partition coefficient (Wildman–Crippen LogP) is 0.552. The van der Waals surface area contributed by atoms with Crippen LogP contribution in [0.4, 0.5) is 18.9 Å². The SMILES string of the molecule is NNC(=O)c1cccc(NS(=O)(=O)C(F)(F)F)c1. The summed E-state index contributed by atoms with van der Waals surface area (Å²) in [6, 6.07) is 4.45. The Morgan fingerprint density at radius 3 is 2.39 bits per heavy atom. The number of hydrogen-bond acceptors (Lipinski definition) is 4. The minimum atomic E-state index is -5.51. The van der Waals surface area contributed by atoms with Crippen molar-refractivity contribution in [1.29, 1.82) is 0 Å². The molecule has 1 aromatic rings. The van der Waals surface area contributed by atoms with E-state index in [9.17, 15) is 26.4 Å². The summed E-state index contributed by atoms with van der Waals surface area (Å²) in [5, 5.41) is 0. The molecule has 0 bridgehead atoms. The third kappa shape index (κ3) is 3.11. The first kappa shape index (κ1) is 14.3. The Bertz CT molecular complexity index is 556. The van der Waals surface area contributed by atoms with Gasteiger partial charge in [0.1, 0.15) is 0 Å². The number of amides is 1. The van der Waals surface area contributed by atoms with Gasteiger partial charge in [-0.05, 0) is 18.2 Å². The Labute approximate surface area is 100.0 Å². The molecule has 6 nitrogen and oxygen atoms in total. The number of anilines is 1. The molecule has 1 amide bonds. The van der Waals surface area contributed by atoms with Crippen LogP contribution in [0.15, 0.2) is 24.3 Å². The number of hydrazine groups is 1. The van der Waals surface area contributed by atoms with E-state index in [4.69, 9.17) is 5.84 Å². The van der Waals surface area contributed by atoms with Gasteiger partial charge in [-0.1, -0.05) is 6.07 Å². The maximum Gasteiger partial charge on any atom is 0.516 e. The number of nitrogens with two attached hydrogens (primary N) is 1. The third-order valence-corrected chi connectivity index (χ3v) is 2.93. The minimum Gasteiger partial charge on any atom is -0.290 e. The molecule has 0 atom stereocenters. The van der Waals surface area contributed by atoms with E-state index in [1.54, 1.807) is 5.43 Å². The molecule has 1 aromatic carbocycles. The predicted molar refractivity (Wildman–Crippen MR) is 56.7 cm³/mol. The van der Waals surface area contributed by atoms with E-state index in [0.717, 1.165) is 12.1 Å². The summed E-state index contributed by atoms with van der Waals surface area (Å²) in [6.07, 6.45) is 0. The van der Waals surface area contributed by atoms with E-state index in [-0.39, 0.29) is 5.56 Å². The number of benzene rings is 1. The van der Waals surface area contributed by atoms with Crippen LogP contribution in [-0.2, 0) is 10.0 Å². The normalized spacial score (nSPS) is 12.0. The molecule has 0 saturated carbocycles. The largest absolute Gasteiger partial charge is 0.516 e. The van der Waals surface area contributed by atoms with Crippen molar-refractivity contribution in [3.63, 3.8) is 0 Å².